The van der Waals surface area contributed by atoms with E-state index < -0.39 is 0 Å². The van der Waals surface area contributed by atoms with Crippen molar-refractivity contribution >= 4 is 79.4 Å². The van der Waals surface area contributed by atoms with Gasteiger partial charge in [0.25, 0.3) is 0 Å². The SMILES string of the molecule is C.C.C.Cc1nc2c3c(ccc2[nH]1)CN=C3.Cc1nc2cc3c(cc2[nH]1)CC=C3.Cc1nc2cc3c(cc2[nH]1)CC=N3.Cc1nc2cc3c(cc2[nH]1)CCO3.Cc1nc2cc3c(cc2[nH]1)OCCO3. The molecule has 1 aliphatic carbocycles. The Morgan fingerprint density at radius 2 is 1.01 bits per heavy atom. The first-order valence-electron chi connectivity index (χ1n) is 22.2. The quantitative estimate of drug-likeness (QED) is 0.0990. The minimum absolute atomic E-state index is 0. The van der Waals surface area contributed by atoms with E-state index in [4.69, 9.17) is 14.2 Å². The maximum absolute atomic E-state index is 5.47. The van der Waals surface area contributed by atoms with Crippen LogP contribution in [0.15, 0.2) is 76.7 Å². The molecule has 0 saturated heterocycles. The number of ether oxygens (including phenoxy) is 3. The zero-order valence-corrected chi connectivity index (χ0v) is 37.4. The molecule has 15 rings (SSSR count). The molecular formula is C54H60N12O3. The van der Waals surface area contributed by atoms with Crippen LogP contribution in [0.25, 0.3) is 61.2 Å². The lowest BCUT2D eigenvalue weighted by molar-refractivity contribution is 0.172. The first kappa shape index (κ1) is 47.4. The Morgan fingerprint density at radius 1 is 0.478 bits per heavy atom. The first-order valence-corrected chi connectivity index (χ1v) is 22.2. The van der Waals surface area contributed by atoms with Gasteiger partial charge in [-0.25, -0.2) is 24.9 Å². The van der Waals surface area contributed by atoms with E-state index in [0.29, 0.717) is 13.2 Å². The van der Waals surface area contributed by atoms with Crippen LogP contribution >= 0.6 is 0 Å². The van der Waals surface area contributed by atoms with E-state index in [0.717, 1.165) is 140 Å². The van der Waals surface area contributed by atoms with Gasteiger partial charge in [0.15, 0.2) is 11.5 Å². The van der Waals surface area contributed by atoms with Crippen molar-refractivity contribution in [3.8, 4) is 17.2 Å². The van der Waals surface area contributed by atoms with Gasteiger partial charge in [-0.1, -0.05) is 40.5 Å². The second kappa shape index (κ2) is 19.6. The highest BCUT2D eigenvalue weighted by atomic mass is 16.6. The molecule has 0 bridgehead atoms. The number of aryl methyl sites for hydroxylation is 5. The van der Waals surface area contributed by atoms with Gasteiger partial charge in [-0.05, 0) is 105 Å². The van der Waals surface area contributed by atoms with Crippen molar-refractivity contribution < 1.29 is 14.2 Å². The fourth-order valence-corrected chi connectivity index (χ4v) is 8.90. The van der Waals surface area contributed by atoms with Gasteiger partial charge in [0.1, 0.15) is 48.1 Å². The average Bonchev–Trinajstić information content (AvgIpc) is 4.15. The molecule has 5 N–H and O–H groups in total. The normalized spacial score (nSPS) is 13.6. The van der Waals surface area contributed by atoms with Crippen LogP contribution in [-0.4, -0.2) is 82.1 Å². The third-order valence-corrected chi connectivity index (χ3v) is 11.9. The van der Waals surface area contributed by atoms with Crippen molar-refractivity contribution in [1.29, 1.82) is 0 Å². The van der Waals surface area contributed by atoms with Crippen LogP contribution in [0.4, 0.5) is 5.69 Å². The molecule has 0 radical (unpaired) electrons. The van der Waals surface area contributed by atoms with E-state index in [2.05, 4.69) is 108 Å². The van der Waals surface area contributed by atoms with Crippen molar-refractivity contribution in [2.45, 2.75) is 82.7 Å². The number of hydrogen-bond donors (Lipinski definition) is 5. The maximum Gasteiger partial charge on any atom is 0.163 e. The number of fused-ring (bicyclic) bond motifs is 11. The molecule has 5 aromatic heterocycles. The predicted octanol–water partition coefficient (Wildman–Crippen LogP) is 11.7. The molecule has 5 aliphatic rings. The molecule has 0 saturated carbocycles. The monoisotopic (exact) mass is 924 g/mol. The maximum atomic E-state index is 5.47. The number of aromatic nitrogens is 10. The Morgan fingerprint density at radius 3 is 1.70 bits per heavy atom. The first-order chi connectivity index (χ1) is 32.1. The van der Waals surface area contributed by atoms with E-state index in [-0.39, 0.29) is 22.3 Å². The number of rotatable bonds is 0. The average molecular weight is 925 g/mol. The van der Waals surface area contributed by atoms with Gasteiger partial charge in [0, 0.05) is 49.0 Å². The Hall–Kier alpha value is -8.07. The minimum atomic E-state index is 0. The molecule has 354 valence electrons. The van der Waals surface area contributed by atoms with Gasteiger partial charge in [0.2, 0.25) is 0 Å². The van der Waals surface area contributed by atoms with Crippen molar-refractivity contribution in [3.63, 3.8) is 0 Å². The minimum Gasteiger partial charge on any atom is -0.493 e. The van der Waals surface area contributed by atoms with Crippen LogP contribution in [0.1, 0.15) is 84.8 Å². The van der Waals surface area contributed by atoms with Gasteiger partial charge in [-0.3, -0.25) is 9.98 Å². The molecule has 9 heterocycles. The summed E-state index contributed by atoms with van der Waals surface area (Å²) in [5.74, 6) is 7.36. The highest BCUT2D eigenvalue weighted by Gasteiger charge is 2.16. The molecule has 0 amide bonds. The Balaban J connectivity index is 0.000000115. The summed E-state index contributed by atoms with van der Waals surface area (Å²) in [6, 6.07) is 20.7. The van der Waals surface area contributed by atoms with Crippen LogP contribution in [0.2, 0.25) is 0 Å². The van der Waals surface area contributed by atoms with E-state index >= 15 is 0 Å². The summed E-state index contributed by atoms with van der Waals surface area (Å²) in [6.45, 7) is 12.7. The lowest BCUT2D eigenvalue weighted by Crippen LogP contribution is -2.15. The summed E-state index contributed by atoms with van der Waals surface area (Å²) in [6.07, 6.45) is 11.2. The zero-order valence-electron chi connectivity index (χ0n) is 37.4. The van der Waals surface area contributed by atoms with Crippen molar-refractivity contribution in [2.24, 2.45) is 9.98 Å². The standard InChI is InChI=1S/C11H10N2.2C10H9N3.C10H10N2O2.C10H10N2O.3CH4/c1-7-12-10-5-8-3-2-4-9(8)6-11(10)13-7;1-6-12-9-4-7-2-3-11-8(7)5-10(9)13-6;1-6-12-9-3-2-7-4-11-5-8(7)10(9)13-6;1-6-11-7-4-9-10(5-8(7)12-6)14-3-2-13-9;1-6-11-8-4-7-2-3-13-10(7)5-9(8)12-6;;;/h2-3,5-6H,4H2,1H3,(H,12,13);3-5H,2H2,1H3,(H,12,13);2-3,5H,4H2,1H3,(H,12,13);4-5H,2-3H2,1H3,(H,11,12);4-5H,2-3H2,1H3,(H,11,12);3*1H4. The summed E-state index contributed by atoms with van der Waals surface area (Å²) in [7, 11) is 0. The Labute approximate surface area is 401 Å². The molecular weight excluding hydrogens is 865 g/mol. The molecule has 15 nitrogen and oxygen atoms in total. The van der Waals surface area contributed by atoms with Crippen molar-refractivity contribution in [3.05, 3.63) is 129 Å². The highest BCUT2D eigenvalue weighted by Crippen LogP contribution is 2.34. The summed E-state index contributed by atoms with van der Waals surface area (Å²) < 4.78 is 16.4. The fourth-order valence-electron chi connectivity index (χ4n) is 8.90. The molecule has 0 spiro atoms. The van der Waals surface area contributed by atoms with E-state index in [1.165, 1.54) is 33.4 Å². The van der Waals surface area contributed by atoms with Gasteiger partial charge in [-0.15, -0.1) is 0 Å². The van der Waals surface area contributed by atoms with Gasteiger partial charge >= 0.3 is 0 Å². The lowest BCUT2D eigenvalue weighted by atomic mass is 10.1. The number of H-pyrrole nitrogens is 5. The molecule has 69 heavy (non-hydrogen) atoms. The van der Waals surface area contributed by atoms with Crippen LogP contribution in [0, 0.1) is 34.6 Å². The van der Waals surface area contributed by atoms with Gasteiger partial charge < -0.3 is 39.1 Å². The molecule has 5 aromatic carbocycles. The Bertz CT molecular complexity index is 3380. The summed E-state index contributed by atoms with van der Waals surface area (Å²) in [5.41, 5.74) is 19.3. The fraction of sp³-hybridized carbons (Fsp3) is 0.278. The van der Waals surface area contributed by atoms with E-state index in [1.54, 1.807) is 0 Å². The number of aromatic amines is 5. The van der Waals surface area contributed by atoms with Crippen LogP contribution in [-0.2, 0) is 25.8 Å². The number of aliphatic imine (C=N–C) groups is 2. The van der Waals surface area contributed by atoms with Crippen LogP contribution < -0.4 is 14.2 Å². The summed E-state index contributed by atoms with van der Waals surface area (Å²) >= 11 is 0. The largest absolute Gasteiger partial charge is 0.493 e. The van der Waals surface area contributed by atoms with E-state index in [1.807, 2.05) is 71.3 Å². The van der Waals surface area contributed by atoms with Gasteiger partial charge in [-0.2, -0.15) is 0 Å². The highest BCUT2D eigenvalue weighted by molar-refractivity contribution is 5.99. The smallest absolute Gasteiger partial charge is 0.163 e. The van der Waals surface area contributed by atoms with E-state index in [9.17, 15) is 0 Å². The molecule has 0 atom stereocenters. The number of allylic oxidation sites excluding steroid dienone is 1. The van der Waals surface area contributed by atoms with Gasteiger partial charge in [0.05, 0.1) is 74.0 Å². The summed E-state index contributed by atoms with van der Waals surface area (Å²) in [5, 5.41) is 0. The number of benzene rings is 5. The second-order valence-corrected chi connectivity index (χ2v) is 16.9. The molecule has 4 aliphatic heterocycles. The number of imidazole rings is 5. The van der Waals surface area contributed by atoms with Crippen LogP contribution in [0.5, 0.6) is 17.2 Å². The number of hydrogen-bond acceptors (Lipinski definition) is 10. The third-order valence-electron chi connectivity index (χ3n) is 11.9. The van der Waals surface area contributed by atoms with Crippen molar-refractivity contribution in [1.82, 2.24) is 49.8 Å². The molecule has 15 heteroatoms. The molecule has 0 unspecified atom stereocenters. The summed E-state index contributed by atoms with van der Waals surface area (Å²) in [4.78, 5) is 46.5. The molecule has 10 aromatic rings. The number of nitrogens with one attached hydrogen (secondary N) is 5. The van der Waals surface area contributed by atoms with Crippen molar-refractivity contribution in [2.75, 3.05) is 19.8 Å². The lowest BCUT2D eigenvalue weighted by Gasteiger charge is -2.17. The predicted molar refractivity (Wildman–Crippen MR) is 280 cm³/mol. The third kappa shape index (κ3) is 9.71. The molecule has 0 fully saturated rings. The zero-order chi connectivity index (χ0) is 44.9. The second-order valence-electron chi connectivity index (χ2n) is 16.9. The Kier molecular flexibility index (Phi) is 13.5. The number of nitrogens with zero attached hydrogens (tertiary/aromatic N) is 7. The van der Waals surface area contributed by atoms with Crippen LogP contribution in [0.3, 0.4) is 0 Å². The topological polar surface area (TPSA) is 196 Å².